The molecule has 1 aromatic heterocycles. The van der Waals surface area contributed by atoms with Crippen LogP contribution in [0.2, 0.25) is 0 Å². The van der Waals surface area contributed by atoms with Gasteiger partial charge in [-0.15, -0.1) is 0 Å². The van der Waals surface area contributed by atoms with Gasteiger partial charge in [-0.1, -0.05) is 19.1 Å². The first kappa shape index (κ1) is 17.3. The lowest BCUT2D eigenvalue weighted by Gasteiger charge is -2.12. The minimum atomic E-state index is -3.16. The summed E-state index contributed by atoms with van der Waals surface area (Å²) in [7, 11) is -1.63. The number of rotatable bonds is 6. The van der Waals surface area contributed by atoms with Crippen molar-refractivity contribution >= 4 is 26.7 Å². The Bertz CT molecular complexity index is 822. The van der Waals surface area contributed by atoms with Crippen LogP contribution in [0.3, 0.4) is 0 Å². The molecule has 0 fully saturated rings. The fraction of sp³-hybridized carbons (Fsp3) is 0.438. The lowest BCUT2D eigenvalue weighted by Crippen LogP contribution is -2.38. The van der Waals surface area contributed by atoms with Gasteiger partial charge in [-0.25, -0.2) is 8.42 Å². The molecule has 0 saturated heterocycles. The average molecular weight is 339 g/mol. The molecule has 23 heavy (non-hydrogen) atoms. The van der Waals surface area contributed by atoms with Crippen LogP contribution in [-0.4, -0.2) is 39.0 Å². The second-order valence-electron chi connectivity index (χ2n) is 5.47. The van der Waals surface area contributed by atoms with E-state index in [-0.39, 0.29) is 17.3 Å². The fourth-order valence-corrected chi connectivity index (χ4v) is 3.51. The number of amides is 1. The molecule has 6 nitrogen and oxygen atoms in total. The first-order chi connectivity index (χ1) is 10.8. The van der Waals surface area contributed by atoms with Gasteiger partial charge < -0.3 is 14.5 Å². The molecule has 7 heteroatoms. The largest absolute Gasteiger partial charge is 0.493 e. The van der Waals surface area contributed by atoms with E-state index in [0.717, 1.165) is 5.39 Å². The SMILES string of the molecule is CCS(=O)(=O)CC(C)NC(=O)c1oc2c(OC)cccc2c1C. The molecule has 126 valence electrons. The van der Waals surface area contributed by atoms with Crippen molar-refractivity contribution in [2.45, 2.75) is 26.8 Å². The number of benzene rings is 1. The summed E-state index contributed by atoms with van der Waals surface area (Å²) < 4.78 is 34.1. The second kappa shape index (κ2) is 6.62. The maximum atomic E-state index is 12.4. The van der Waals surface area contributed by atoms with Crippen LogP contribution in [0.4, 0.5) is 0 Å². The van der Waals surface area contributed by atoms with E-state index in [2.05, 4.69) is 5.32 Å². The molecule has 0 aliphatic rings. The van der Waals surface area contributed by atoms with Crippen LogP contribution in [0, 0.1) is 6.92 Å². The molecule has 0 saturated carbocycles. The van der Waals surface area contributed by atoms with Crippen molar-refractivity contribution in [3.63, 3.8) is 0 Å². The molecule has 0 aliphatic carbocycles. The number of furan rings is 1. The van der Waals surface area contributed by atoms with Gasteiger partial charge in [0.05, 0.1) is 12.9 Å². The summed E-state index contributed by atoms with van der Waals surface area (Å²) in [6, 6.07) is 4.92. The summed E-state index contributed by atoms with van der Waals surface area (Å²) >= 11 is 0. The lowest BCUT2D eigenvalue weighted by atomic mass is 10.1. The Hall–Kier alpha value is -2.02. The Balaban J connectivity index is 2.26. The first-order valence-electron chi connectivity index (χ1n) is 7.36. The van der Waals surface area contributed by atoms with Gasteiger partial charge in [0.1, 0.15) is 0 Å². The van der Waals surface area contributed by atoms with Crippen molar-refractivity contribution in [3.8, 4) is 5.75 Å². The quantitative estimate of drug-likeness (QED) is 0.873. The molecule has 1 aromatic carbocycles. The van der Waals surface area contributed by atoms with Gasteiger partial charge in [0.15, 0.2) is 26.9 Å². The third kappa shape index (κ3) is 3.67. The van der Waals surface area contributed by atoms with Crippen molar-refractivity contribution in [3.05, 3.63) is 29.5 Å². The molecule has 2 rings (SSSR count). The van der Waals surface area contributed by atoms with E-state index < -0.39 is 21.8 Å². The van der Waals surface area contributed by atoms with Crippen LogP contribution in [0.25, 0.3) is 11.0 Å². The maximum Gasteiger partial charge on any atom is 0.287 e. The number of carbonyl (C=O) groups excluding carboxylic acids is 1. The summed E-state index contributed by atoms with van der Waals surface area (Å²) in [5.74, 6) is 0.238. The number of carbonyl (C=O) groups is 1. The highest BCUT2D eigenvalue weighted by Gasteiger charge is 2.22. The van der Waals surface area contributed by atoms with Crippen LogP contribution in [0.15, 0.2) is 22.6 Å². The highest BCUT2D eigenvalue weighted by molar-refractivity contribution is 7.91. The van der Waals surface area contributed by atoms with E-state index in [9.17, 15) is 13.2 Å². The molecular weight excluding hydrogens is 318 g/mol. The predicted octanol–water partition coefficient (Wildman–Crippen LogP) is 2.30. The zero-order valence-corrected chi connectivity index (χ0v) is 14.5. The molecular formula is C16H21NO5S. The van der Waals surface area contributed by atoms with Crippen LogP contribution in [0.5, 0.6) is 5.75 Å². The van der Waals surface area contributed by atoms with Crippen molar-refractivity contribution in [2.24, 2.45) is 0 Å². The van der Waals surface area contributed by atoms with Gasteiger partial charge >= 0.3 is 0 Å². The molecule has 0 bridgehead atoms. The smallest absolute Gasteiger partial charge is 0.287 e. The van der Waals surface area contributed by atoms with Crippen LogP contribution in [-0.2, 0) is 9.84 Å². The third-order valence-corrected chi connectivity index (χ3v) is 5.56. The van der Waals surface area contributed by atoms with E-state index in [1.54, 1.807) is 26.8 Å². The number of hydrogen-bond acceptors (Lipinski definition) is 5. The van der Waals surface area contributed by atoms with Crippen LogP contribution < -0.4 is 10.1 Å². The van der Waals surface area contributed by atoms with E-state index >= 15 is 0 Å². The number of para-hydroxylation sites is 1. The Morgan fingerprint density at radius 1 is 1.39 bits per heavy atom. The van der Waals surface area contributed by atoms with Crippen molar-refractivity contribution < 1.29 is 22.4 Å². The Morgan fingerprint density at radius 3 is 2.70 bits per heavy atom. The lowest BCUT2D eigenvalue weighted by molar-refractivity contribution is 0.0917. The molecule has 1 unspecified atom stereocenters. The zero-order chi connectivity index (χ0) is 17.2. The number of sulfone groups is 1. The monoisotopic (exact) mass is 339 g/mol. The standard InChI is InChI=1S/C16H21NO5S/c1-5-23(19,20)9-10(2)17-16(18)14-11(3)12-7-6-8-13(21-4)15(12)22-14/h6-8,10H,5,9H2,1-4H3,(H,17,18). The van der Waals surface area contributed by atoms with E-state index in [1.165, 1.54) is 7.11 Å². The van der Waals surface area contributed by atoms with Crippen molar-refractivity contribution in [1.82, 2.24) is 5.32 Å². The number of nitrogens with one attached hydrogen (secondary N) is 1. The molecule has 0 spiro atoms. The van der Waals surface area contributed by atoms with Gasteiger partial charge in [0, 0.05) is 22.7 Å². The first-order valence-corrected chi connectivity index (χ1v) is 9.18. The summed E-state index contributed by atoms with van der Waals surface area (Å²) in [6.45, 7) is 5.02. The van der Waals surface area contributed by atoms with Crippen molar-refractivity contribution in [1.29, 1.82) is 0 Å². The highest BCUT2D eigenvalue weighted by Crippen LogP contribution is 2.32. The van der Waals surface area contributed by atoms with Gasteiger partial charge in [-0.05, 0) is 19.9 Å². The van der Waals surface area contributed by atoms with Gasteiger partial charge in [0.25, 0.3) is 5.91 Å². The van der Waals surface area contributed by atoms with Crippen LogP contribution >= 0.6 is 0 Å². The Morgan fingerprint density at radius 2 is 2.09 bits per heavy atom. The molecule has 0 aliphatic heterocycles. The number of fused-ring (bicyclic) bond motifs is 1. The number of ether oxygens (including phenoxy) is 1. The predicted molar refractivity (Wildman–Crippen MR) is 88.8 cm³/mol. The Labute approximate surface area is 135 Å². The summed E-state index contributed by atoms with van der Waals surface area (Å²) in [5, 5.41) is 3.47. The molecule has 0 radical (unpaired) electrons. The topological polar surface area (TPSA) is 85.6 Å². The van der Waals surface area contributed by atoms with Gasteiger partial charge in [0.2, 0.25) is 0 Å². The van der Waals surface area contributed by atoms with Crippen LogP contribution in [0.1, 0.15) is 30.0 Å². The molecule has 1 N–H and O–H groups in total. The minimum absolute atomic E-state index is 0.0497. The molecule has 1 amide bonds. The summed E-state index contributed by atoms with van der Waals surface area (Å²) in [5.41, 5.74) is 1.20. The normalized spacial score (nSPS) is 13.0. The number of hydrogen-bond donors (Lipinski definition) is 1. The van der Waals surface area contributed by atoms with E-state index in [1.807, 2.05) is 12.1 Å². The summed E-state index contributed by atoms with van der Waals surface area (Å²) in [6.07, 6.45) is 0. The fourth-order valence-electron chi connectivity index (χ4n) is 2.42. The number of aryl methyl sites for hydroxylation is 1. The third-order valence-electron chi connectivity index (χ3n) is 3.68. The zero-order valence-electron chi connectivity index (χ0n) is 13.7. The van der Waals surface area contributed by atoms with E-state index in [4.69, 9.17) is 9.15 Å². The molecule has 2 aromatic rings. The maximum absolute atomic E-state index is 12.4. The summed E-state index contributed by atoms with van der Waals surface area (Å²) in [4.78, 5) is 12.4. The highest BCUT2D eigenvalue weighted by atomic mass is 32.2. The molecule has 1 heterocycles. The molecule has 1 atom stereocenters. The van der Waals surface area contributed by atoms with Gasteiger partial charge in [-0.3, -0.25) is 4.79 Å². The van der Waals surface area contributed by atoms with Crippen molar-refractivity contribution in [2.75, 3.05) is 18.6 Å². The van der Waals surface area contributed by atoms with E-state index in [0.29, 0.717) is 16.9 Å². The van der Waals surface area contributed by atoms with Gasteiger partial charge in [-0.2, -0.15) is 0 Å². The minimum Gasteiger partial charge on any atom is -0.493 e. The Kier molecular flexibility index (Phi) is 4.99. The number of methoxy groups -OCH3 is 1. The second-order valence-corrected chi connectivity index (χ2v) is 7.86. The average Bonchev–Trinajstić information content (AvgIpc) is 2.84.